The van der Waals surface area contributed by atoms with Gasteiger partial charge in [-0.2, -0.15) is 0 Å². The lowest BCUT2D eigenvalue weighted by molar-refractivity contribution is 0.0956. The van der Waals surface area contributed by atoms with Crippen LogP contribution in [-0.4, -0.2) is 43.6 Å². The van der Waals surface area contributed by atoms with Crippen molar-refractivity contribution in [3.63, 3.8) is 0 Å². The third-order valence-corrected chi connectivity index (χ3v) is 4.32. The molecule has 5 nitrogen and oxygen atoms in total. The lowest BCUT2D eigenvalue weighted by Crippen LogP contribution is -2.34. The van der Waals surface area contributed by atoms with Gasteiger partial charge in [-0.25, -0.2) is 4.98 Å². The van der Waals surface area contributed by atoms with Crippen LogP contribution in [-0.2, 0) is 0 Å². The van der Waals surface area contributed by atoms with Gasteiger partial charge in [0.25, 0.3) is 5.91 Å². The van der Waals surface area contributed by atoms with Crippen LogP contribution in [0.15, 0.2) is 30.0 Å². The van der Waals surface area contributed by atoms with Crippen molar-refractivity contribution in [1.82, 2.24) is 15.6 Å². The number of rotatable bonds is 4. The fourth-order valence-electron chi connectivity index (χ4n) is 3.05. The molecule has 1 aromatic rings. The van der Waals surface area contributed by atoms with Gasteiger partial charge in [-0.15, -0.1) is 24.8 Å². The van der Waals surface area contributed by atoms with Gasteiger partial charge >= 0.3 is 0 Å². The molecule has 2 N–H and O–H groups in total. The summed E-state index contributed by atoms with van der Waals surface area (Å²) in [4.78, 5) is 19.2. The van der Waals surface area contributed by atoms with Crippen LogP contribution >= 0.6 is 24.8 Å². The van der Waals surface area contributed by atoms with Gasteiger partial charge in [0.05, 0.1) is 5.56 Å². The van der Waals surface area contributed by atoms with E-state index in [1.807, 2.05) is 12.1 Å². The van der Waals surface area contributed by atoms with E-state index in [1.54, 1.807) is 6.20 Å². The molecule has 0 radical (unpaired) electrons. The molecule has 0 spiro atoms. The Bertz CT molecular complexity index is 559. The molecule has 1 aromatic heterocycles. The number of anilines is 1. The predicted molar refractivity (Wildman–Crippen MR) is 103 cm³/mol. The Hall–Kier alpha value is -1.30. The highest BCUT2D eigenvalue weighted by atomic mass is 35.5. The first-order valence-corrected chi connectivity index (χ1v) is 8.21. The molecule has 1 amide bonds. The maximum atomic E-state index is 12.5. The Morgan fingerprint density at radius 2 is 2.04 bits per heavy atom. The number of carbonyl (C=O) groups excluding carboxylic acids is 1. The van der Waals surface area contributed by atoms with Gasteiger partial charge < -0.3 is 15.5 Å². The van der Waals surface area contributed by atoms with Crippen LogP contribution in [0.1, 0.15) is 36.0 Å². The van der Waals surface area contributed by atoms with Crippen molar-refractivity contribution in [2.75, 3.05) is 37.6 Å². The first-order chi connectivity index (χ1) is 10.8. The average Bonchev–Trinajstić information content (AvgIpc) is 2.61. The molecule has 0 aliphatic carbocycles. The summed E-state index contributed by atoms with van der Waals surface area (Å²) < 4.78 is 0. The van der Waals surface area contributed by atoms with Crippen LogP contribution < -0.4 is 15.5 Å². The molecule has 0 saturated carbocycles. The Morgan fingerprint density at radius 3 is 2.75 bits per heavy atom. The van der Waals surface area contributed by atoms with Crippen molar-refractivity contribution in [3.05, 3.63) is 35.5 Å². The molecule has 3 rings (SSSR count). The van der Waals surface area contributed by atoms with Gasteiger partial charge in [0.15, 0.2) is 0 Å². The summed E-state index contributed by atoms with van der Waals surface area (Å²) in [7, 11) is 0. The molecule has 3 heterocycles. The van der Waals surface area contributed by atoms with E-state index in [2.05, 4.69) is 26.6 Å². The van der Waals surface area contributed by atoms with E-state index < -0.39 is 0 Å². The van der Waals surface area contributed by atoms with Gasteiger partial charge in [-0.3, -0.25) is 4.79 Å². The Balaban J connectivity index is 0.00000144. The Kier molecular flexibility index (Phi) is 9.11. The maximum Gasteiger partial charge on any atom is 0.255 e. The number of pyridine rings is 1. The van der Waals surface area contributed by atoms with Crippen molar-refractivity contribution in [2.45, 2.75) is 25.7 Å². The van der Waals surface area contributed by atoms with Crippen LogP contribution in [0.2, 0.25) is 0 Å². The molecule has 0 aromatic carbocycles. The van der Waals surface area contributed by atoms with Crippen LogP contribution in [0, 0.1) is 0 Å². The predicted octanol–water partition coefficient (Wildman–Crippen LogP) is 2.57. The van der Waals surface area contributed by atoms with Gasteiger partial charge in [0.2, 0.25) is 0 Å². The summed E-state index contributed by atoms with van der Waals surface area (Å²) in [5.74, 6) is 0.812. The molecule has 1 saturated heterocycles. The smallest absolute Gasteiger partial charge is 0.255 e. The zero-order valence-electron chi connectivity index (χ0n) is 13.8. The lowest BCUT2D eigenvalue weighted by atomic mass is 10.1. The van der Waals surface area contributed by atoms with Crippen molar-refractivity contribution in [2.24, 2.45) is 0 Å². The summed E-state index contributed by atoms with van der Waals surface area (Å²) >= 11 is 0. The van der Waals surface area contributed by atoms with Gasteiger partial charge in [-0.1, -0.05) is 11.6 Å². The number of halogens is 2. The zero-order chi connectivity index (χ0) is 15.2. The van der Waals surface area contributed by atoms with E-state index in [1.165, 1.54) is 24.8 Å². The molecule has 1 fully saturated rings. The molecular formula is C17H26Cl2N4O. The van der Waals surface area contributed by atoms with Gasteiger partial charge in [0, 0.05) is 32.4 Å². The monoisotopic (exact) mass is 372 g/mol. The normalized spacial score (nSPS) is 17.2. The minimum atomic E-state index is -0.0203. The summed E-state index contributed by atoms with van der Waals surface area (Å²) in [6.07, 6.45) is 8.57. The van der Waals surface area contributed by atoms with E-state index in [-0.39, 0.29) is 30.7 Å². The first kappa shape index (κ1) is 20.7. The molecule has 134 valence electrons. The Labute approximate surface area is 156 Å². The third-order valence-electron chi connectivity index (χ3n) is 4.32. The number of nitrogens with one attached hydrogen (secondary N) is 2. The Morgan fingerprint density at radius 1 is 1.25 bits per heavy atom. The van der Waals surface area contributed by atoms with Crippen LogP contribution in [0.5, 0.6) is 0 Å². The van der Waals surface area contributed by atoms with Gasteiger partial charge in [0.1, 0.15) is 5.82 Å². The van der Waals surface area contributed by atoms with Crippen molar-refractivity contribution >= 4 is 36.5 Å². The van der Waals surface area contributed by atoms with Crippen LogP contribution in [0.4, 0.5) is 5.82 Å². The number of hydrogen-bond donors (Lipinski definition) is 2. The summed E-state index contributed by atoms with van der Waals surface area (Å²) in [5.41, 5.74) is 1.99. The number of hydrogen-bond acceptors (Lipinski definition) is 4. The maximum absolute atomic E-state index is 12.5. The van der Waals surface area contributed by atoms with E-state index in [9.17, 15) is 4.79 Å². The molecule has 24 heavy (non-hydrogen) atoms. The minimum absolute atomic E-state index is 0. The second-order valence-corrected chi connectivity index (χ2v) is 5.92. The van der Waals surface area contributed by atoms with E-state index in [0.717, 1.165) is 38.4 Å². The largest absolute Gasteiger partial charge is 0.356 e. The second-order valence-electron chi connectivity index (χ2n) is 5.92. The standard InChI is InChI=1S/C17H24N4O.2ClH/c22-17(20-13-14-6-9-18-10-7-14)15-5-4-8-19-16(15)21-11-2-1-3-12-21;;/h4-6,8,18H,1-3,7,9-13H2,(H,20,22);2*1H. The first-order valence-electron chi connectivity index (χ1n) is 8.21. The van der Waals surface area contributed by atoms with E-state index in [4.69, 9.17) is 0 Å². The molecule has 2 aliphatic heterocycles. The second kappa shape index (κ2) is 10.5. The lowest BCUT2D eigenvalue weighted by Gasteiger charge is -2.29. The van der Waals surface area contributed by atoms with Crippen molar-refractivity contribution in [3.8, 4) is 0 Å². The summed E-state index contributed by atoms with van der Waals surface area (Å²) in [5, 5.41) is 6.33. The molecular weight excluding hydrogens is 347 g/mol. The van der Waals surface area contributed by atoms with Crippen LogP contribution in [0.3, 0.4) is 0 Å². The number of carbonyl (C=O) groups is 1. The van der Waals surface area contributed by atoms with Crippen molar-refractivity contribution < 1.29 is 4.79 Å². The molecule has 0 unspecified atom stereocenters. The topological polar surface area (TPSA) is 57.3 Å². The quantitative estimate of drug-likeness (QED) is 0.797. The average molecular weight is 373 g/mol. The van der Waals surface area contributed by atoms with E-state index >= 15 is 0 Å². The van der Waals surface area contributed by atoms with Gasteiger partial charge in [-0.05, 0) is 44.4 Å². The number of aromatic nitrogens is 1. The fourth-order valence-corrected chi connectivity index (χ4v) is 3.05. The molecule has 0 bridgehead atoms. The molecule has 0 atom stereocenters. The number of amides is 1. The molecule has 7 heteroatoms. The highest BCUT2D eigenvalue weighted by molar-refractivity contribution is 5.99. The summed E-state index contributed by atoms with van der Waals surface area (Å²) in [6.45, 7) is 4.52. The highest BCUT2D eigenvalue weighted by Gasteiger charge is 2.19. The van der Waals surface area contributed by atoms with E-state index in [0.29, 0.717) is 12.1 Å². The minimum Gasteiger partial charge on any atom is -0.356 e. The zero-order valence-corrected chi connectivity index (χ0v) is 15.4. The number of nitrogens with zero attached hydrogens (tertiary/aromatic N) is 2. The highest BCUT2D eigenvalue weighted by Crippen LogP contribution is 2.21. The SMILES string of the molecule is Cl.Cl.O=C(NCC1=CCNCC1)c1cccnc1N1CCCCC1. The van der Waals surface area contributed by atoms with Crippen molar-refractivity contribution in [1.29, 1.82) is 0 Å². The van der Waals surface area contributed by atoms with Crippen LogP contribution in [0.25, 0.3) is 0 Å². The number of piperidine rings is 1. The fraction of sp³-hybridized carbons (Fsp3) is 0.529. The molecule has 2 aliphatic rings. The third kappa shape index (κ3) is 5.36. The summed E-state index contributed by atoms with van der Waals surface area (Å²) in [6, 6.07) is 3.72.